The van der Waals surface area contributed by atoms with Crippen LogP contribution in [0.1, 0.15) is 0 Å². The molecule has 0 bridgehead atoms. The molecule has 100 valence electrons. The van der Waals surface area contributed by atoms with Crippen LogP contribution < -0.4 is 9.80 Å². The third-order valence-electron chi connectivity index (χ3n) is 3.10. The van der Waals surface area contributed by atoms with Crippen LogP contribution in [0.15, 0.2) is 54.6 Å². The molecule has 0 unspecified atom stereocenters. The minimum absolute atomic E-state index is 0.0219. The highest BCUT2D eigenvalue weighted by Gasteiger charge is 2.37. The number of amides is 3. The second kappa shape index (κ2) is 4.98. The number of carbonyl (C=O) groups excluding carboxylic acids is 2. The van der Waals surface area contributed by atoms with Crippen LogP contribution in [0.3, 0.4) is 0 Å². The summed E-state index contributed by atoms with van der Waals surface area (Å²) in [7, 11) is 0. The van der Waals surface area contributed by atoms with Gasteiger partial charge < -0.3 is 0 Å². The highest BCUT2D eigenvalue weighted by atomic mass is 35.5. The van der Waals surface area contributed by atoms with Crippen molar-refractivity contribution in [3.63, 3.8) is 0 Å². The van der Waals surface area contributed by atoms with Crippen molar-refractivity contribution < 1.29 is 9.59 Å². The lowest BCUT2D eigenvalue weighted by atomic mass is 10.3. The fourth-order valence-corrected chi connectivity index (χ4v) is 2.36. The van der Waals surface area contributed by atoms with Gasteiger partial charge in [-0.2, -0.15) is 0 Å². The van der Waals surface area contributed by atoms with Crippen LogP contribution in [-0.4, -0.2) is 18.5 Å². The molecule has 1 aliphatic rings. The van der Waals surface area contributed by atoms with Gasteiger partial charge in [0.2, 0.25) is 0 Å². The van der Waals surface area contributed by atoms with E-state index in [9.17, 15) is 9.59 Å². The van der Waals surface area contributed by atoms with Crippen molar-refractivity contribution in [2.24, 2.45) is 0 Å². The van der Waals surface area contributed by atoms with Gasteiger partial charge in [-0.05, 0) is 30.3 Å². The molecule has 5 heteroatoms. The van der Waals surface area contributed by atoms with Gasteiger partial charge in [0.25, 0.3) is 5.91 Å². The van der Waals surface area contributed by atoms with Crippen LogP contribution in [0.5, 0.6) is 0 Å². The molecule has 0 atom stereocenters. The number of para-hydroxylation sites is 1. The van der Waals surface area contributed by atoms with Gasteiger partial charge in [0.1, 0.15) is 6.54 Å². The zero-order valence-corrected chi connectivity index (χ0v) is 11.2. The number of hydrogen-bond acceptors (Lipinski definition) is 2. The van der Waals surface area contributed by atoms with E-state index < -0.39 is 0 Å². The number of rotatable bonds is 2. The first-order chi connectivity index (χ1) is 9.66. The minimum Gasteiger partial charge on any atom is -0.284 e. The molecule has 0 spiro atoms. The molecule has 0 N–H and O–H groups in total. The Morgan fingerprint density at radius 2 is 1.60 bits per heavy atom. The smallest absolute Gasteiger partial charge is 0.284 e. The fraction of sp³-hybridized carbons (Fsp3) is 0.0667. The van der Waals surface area contributed by atoms with Crippen LogP contribution in [0, 0.1) is 0 Å². The van der Waals surface area contributed by atoms with Gasteiger partial charge in [-0.25, -0.2) is 9.69 Å². The molecule has 3 rings (SSSR count). The Bertz CT molecular complexity index is 673. The summed E-state index contributed by atoms with van der Waals surface area (Å²) >= 11 is 5.92. The molecular weight excluding hydrogens is 276 g/mol. The number of urea groups is 1. The summed E-state index contributed by atoms with van der Waals surface area (Å²) in [5, 5.41) is 0.529. The zero-order chi connectivity index (χ0) is 14.1. The molecule has 2 aromatic carbocycles. The first-order valence-corrected chi connectivity index (χ1v) is 6.50. The number of nitrogens with zero attached hydrogens (tertiary/aromatic N) is 2. The van der Waals surface area contributed by atoms with Crippen molar-refractivity contribution in [3.05, 3.63) is 59.6 Å². The Balaban J connectivity index is 1.95. The molecule has 20 heavy (non-hydrogen) atoms. The zero-order valence-electron chi connectivity index (χ0n) is 10.5. The van der Waals surface area contributed by atoms with E-state index in [2.05, 4.69) is 0 Å². The number of hydrogen-bond donors (Lipinski definition) is 0. The van der Waals surface area contributed by atoms with E-state index in [0.717, 1.165) is 0 Å². The van der Waals surface area contributed by atoms with Gasteiger partial charge >= 0.3 is 6.03 Å². The summed E-state index contributed by atoms with van der Waals surface area (Å²) < 4.78 is 0. The van der Waals surface area contributed by atoms with Crippen LogP contribution in [0.25, 0.3) is 0 Å². The van der Waals surface area contributed by atoms with E-state index in [1.807, 2.05) is 6.07 Å². The van der Waals surface area contributed by atoms with E-state index in [4.69, 9.17) is 11.6 Å². The normalized spacial score (nSPS) is 15.1. The Hall–Kier alpha value is -2.33. The molecule has 0 aromatic heterocycles. The lowest BCUT2D eigenvalue weighted by Crippen LogP contribution is -2.32. The maximum atomic E-state index is 12.4. The maximum Gasteiger partial charge on any atom is 0.336 e. The number of carbonyl (C=O) groups is 2. The third kappa shape index (κ3) is 2.14. The van der Waals surface area contributed by atoms with Crippen molar-refractivity contribution in [1.82, 2.24) is 0 Å². The summed E-state index contributed by atoms with van der Waals surface area (Å²) in [6.45, 7) is 0.0219. The summed E-state index contributed by atoms with van der Waals surface area (Å²) in [4.78, 5) is 27.1. The van der Waals surface area contributed by atoms with Crippen LogP contribution in [0.2, 0.25) is 5.02 Å². The van der Waals surface area contributed by atoms with Crippen molar-refractivity contribution in [2.45, 2.75) is 0 Å². The van der Waals surface area contributed by atoms with Gasteiger partial charge in [0.15, 0.2) is 0 Å². The summed E-state index contributed by atoms with van der Waals surface area (Å²) in [6.07, 6.45) is 0. The largest absolute Gasteiger partial charge is 0.336 e. The Morgan fingerprint density at radius 3 is 2.30 bits per heavy atom. The second-order valence-electron chi connectivity index (χ2n) is 4.41. The van der Waals surface area contributed by atoms with E-state index in [1.165, 1.54) is 9.80 Å². The summed E-state index contributed by atoms with van der Waals surface area (Å²) in [5.74, 6) is -0.249. The average molecular weight is 287 g/mol. The summed E-state index contributed by atoms with van der Waals surface area (Å²) in [5.41, 5.74) is 1.20. The van der Waals surface area contributed by atoms with Crippen LogP contribution in [0.4, 0.5) is 16.2 Å². The Morgan fingerprint density at radius 1 is 0.900 bits per heavy atom. The number of benzene rings is 2. The molecule has 1 fully saturated rings. The van der Waals surface area contributed by atoms with E-state index in [1.54, 1.807) is 48.5 Å². The van der Waals surface area contributed by atoms with Crippen molar-refractivity contribution in [2.75, 3.05) is 16.3 Å². The van der Waals surface area contributed by atoms with E-state index >= 15 is 0 Å². The predicted octanol–water partition coefficient (Wildman–Crippen LogP) is 3.31. The molecule has 0 saturated carbocycles. The van der Waals surface area contributed by atoms with E-state index in [0.29, 0.717) is 16.4 Å². The molecular formula is C15H11ClN2O2. The molecule has 1 heterocycles. The van der Waals surface area contributed by atoms with Gasteiger partial charge in [-0.3, -0.25) is 9.69 Å². The molecule has 3 amide bonds. The quantitative estimate of drug-likeness (QED) is 0.795. The standard InChI is InChI=1S/C15H11ClN2O2/c16-11-5-4-8-13(9-11)17-10-14(19)18(15(17)20)12-6-2-1-3-7-12/h1-9H,10H2. The van der Waals surface area contributed by atoms with Crippen LogP contribution >= 0.6 is 11.6 Å². The minimum atomic E-state index is -0.358. The summed E-state index contributed by atoms with van der Waals surface area (Å²) in [6, 6.07) is 15.4. The van der Waals surface area contributed by atoms with Gasteiger partial charge in [-0.1, -0.05) is 35.9 Å². The van der Waals surface area contributed by atoms with Crippen molar-refractivity contribution in [1.29, 1.82) is 0 Å². The maximum absolute atomic E-state index is 12.4. The van der Waals surface area contributed by atoms with Crippen LogP contribution in [-0.2, 0) is 4.79 Å². The first kappa shape index (κ1) is 12.7. The van der Waals surface area contributed by atoms with Gasteiger partial charge in [0.05, 0.1) is 5.69 Å². The van der Waals surface area contributed by atoms with Gasteiger partial charge in [-0.15, -0.1) is 0 Å². The molecule has 0 aliphatic carbocycles. The van der Waals surface area contributed by atoms with Crippen molar-refractivity contribution in [3.8, 4) is 0 Å². The monoisotopic (exact) mass is 286 g/mol. The SMILES string of the molecule is O=C1CN(c2cccc(Cl)c2)C(=O)N1c1ccccc1. The molecule has 4 nitrogen and oxygen atoms in total. The topological polar surface area (TPSA) is 40.6 Å². The Kier molecular flexibility index (Phi) is 3.16. The average Bonchev–Trinajstić information content (AvgIpc) is 2.75. The molecule has 1 aliphatic heterocycles. The number of halogens is 1. The molecule has 2 aromatic rings. The number of anilines is 2. The lowest BCUT2D eigenvalue weighted by Gasteiger charge is -2.17. The number of imide groups is 1. The fourth-order valence-electron chi connectivity index (χ4n) is 2.18. The van der Waals surface area contributed by atoms with Crippen molar-refractivity contribution >= 4 is 34.9 Å². The highest BCUT2D eigenvalue weighted by Crippen LogP contribution is 2.27. The van der Waals surface area contributed by atoms with Gasteiger partial charge in [0, 0.05) is 10.7 Å². The molecule has 1 saturated heterocycles. The highest BCUT2D eigenvalue weighted by molar-refractivity contribution is 6.31. The Labute approximate surface area is 121 Å². The second-order valence-corrected chi connectivity index (χ2v) is 4.85. The molecule has 0 radical (unpaired) electrons. The predicted molar refractivity (Wildman–Crippen MR) is 78.1 cm³/mol. The third-order valence-corrected chi connectivity index (χ3v) is 3.33. The lowest BCUT2D eigenvalue weighted by molar-refractivity contribution is -0.115. The first-order valence-electron chi connectivity index (χ1n) is 6.12. The van der Waals surface area contributed by atoms with E-state index in [-0.39, 0.29) is 18.5 Å².